The topological polar surface area (TPSA) is 72.2 Å². The highest BCUT2D eigenvalue weighted by molar-refractivity contribution is 7.89. The Hall–Kier alpha value is -1.06. The predicted molar refractivity (Wildman–Crippen MR) is 75.3 cm³/mol. The average molecular weight is 299 g/mol. The summed E-state index contributed by atoms with van der Waals surface area (Å²) in [7, 11) is -3.58. The highest BCUT2D eigenvalue weighted by atomic mass is 35.5. The minimum absolute atomic E-state index is 0.0839. The Morgan fingerprint density at radius 1 is 1.47 bits per heavy atom. The largest absolute Gasteiger partial charge is 0.320 e. The third-order valence-electron chi connectivity index (χ3n) is 2.94. The van der Waals surface area contributed by atoms with Crippen LogP contribution in [0.15, 0.2) is 23.1 Å². The summed E-state index contributed by atoms with van der Waals surface area (Å²) >= 11 is 6.02. The van der Waals surface area contributed by atoms with Crippen molar-refractivity contribution in [3.8, 4) is 11.8 Å². The van der Waals surface area contributed by atoms with E-state index in [9.17, 15) is 8.42 Å². The molecule has 0 heterocycles. The summed E-state index contributed by atoms with van der Waals surface area (Å²) in [5, 5.41) is 0.167. The van der Waals surface area contributed by atoms with Gasteiger partial charge in [-0.15, -0.1) is 0 Å². The van der Waals surface area contributed by atoms with E-state index < -0.39 is 10.0 Å². The van der Waals surface area contributed by atoms with Gasteiger partial charge in [0.25, 0.3) is 0 Å². The van der Waals surface area contributed by atoms with Gasteiger partial charge in [0.2, 0.25) is 10.0 Å². The van der Waals surface area contributed by atoms with Gasteiger partial charge in [0.1, 0.15) is 4.90 Å². The van der Waals surface area contributed by atoms with E-state index in [1.807, 2.05) is 6.92 Å². The zero-order valence-electron chi connectivity index (χ0n) is 10.5. The molecule has 1 saturated carbocycles. The third kappa shape index (κ3) is 3.48. The van der Waals surface area contributed by atoms with Crippen LogP contribution in [0, 0.1) is 11.8 Å². The van der Waals surface area contributed by atoms with E-state index in [0.717, 1.165) is 12.8 Å². The van der Waals surface area contributed by atoms with Crippen molar-refractivity contribution in [2.24, 2.45) is 5.73 Å². The summed E-state index contributed by atoms with van der Waals surface area (Å²) in [6.07, 6.45) is 1.70. The molecule has 102 valence electrons. The number of sulfonamides is 1. The molecule has 3 N–H and O–H groups in total. The van der Waals surface area contributed by atoms with E-state index in [2.05, 4.69) is 16.6 Å². The number of nitrogens with two attached hydrogens (primary N) is 1. The molecule has 0 aliphatic heterocycles. The SMILES string of the molecule is CC1(NS(=O)(=O)c2ccc(C#CCN)cc2Cl)CC1. The minimum Gasteiger partial charge on any atom is -0.320 e. The molecule has 4 nitrogen and oxygen atoms in total. The summed E-state index contributed by atoms with van der Waals surface area (Å²) in [4.78, 5) is 0.0839. The van der Waals surface area contributed by atoms with Crippen molar-refractivity contribution < 1.29 is 8.42 Å². The van der Waals surface area contributed by atoms with Crippen LogP contribution < -0.4 is 10.5 Å². The van der Waals surface area contributed by atoms with Gasteiger partial charge in [-0.3, -0.25) is 0 Å². The van der Waals surface area contributed by atoms with Crippen LogP contribution in [0.4, 0.5) is 0 Å². The predicted octanol–water partition coefficient (Wildman–Crippen LogP) is 1.48. The van der Waals surface area contributed by atoms with Gasteiger partial charge in [0.05, 0.1) is 11.6 Å². The van der Waals surface area contributed by atoms with E-state index in [0.29, 0.717) is 5.56 Å². The second-order valence-corrected chi connectivity index (χ2v) is 6.88. The molecule has 0 saturated heterocycles. The number of benzene rings is 1. The minimum atomic E-state index is -3.58. The Morgan fingerprint density at radius 2 is 2.16 bits per heavy atom. The Labute approximate surface area is 118 Å². The van der Waals surface area contributed by atoms with Crippen molar-refractivity contribution in [3.05, 3.63) is 28.8 Å². The van der Waals surface area contributed by atoms with Gasteiger partial charge >= 0.3 is 0 Å². The van der Waals surface area contributed by atoms with Crippen molar-refractivity contribution in [2.45, 2.75) is 30.2 Å². The molecule has 1 aliphatic carbocycles. The van der Waals surface area contributed by atoms with Gasteiger partial charge in [-0.25, -0.2) is 13.1 Å². The highest BCUT2D eigenvalue weighted by Gasteiger charge is 2.41. The summed E-state index contributed by atoms with van der Waals surface area (Å²) in [5.74, 6) is 5.50. The summed E-state index contributed by atoms with van der Waals surface area (Å²) < 4.78 is 27.0. The van der Waals surface area contributed by atoms with Crippen LogP contribution in [0.3, 0.4) is 0 Å². The average Bonchev–Trinajstić information content (AvgIpc) is 3.02. The molecule has 2 rings (SSSR count). The molecule has 0 radical (unpaired) electrons. The Morgan fingerprint density at radius 3 is 2.68 bits per heavy atom. The van der Waals surface area contributed by atoms with E-state index in [-0.39, 0.29) is 22.0 Å². The second kappa shape index (κ2) is 5.14. The van der Waals surface area contributed by atoms with Gasteiger partial charge in [-0.05, 0) is 38.0 Å². The number of halogens is 1. The van der Waals surface area contributed by atoms with Crippen LogP contribution in [-0.4, -0.2) is 20.5 Å². The summed E-state index contributed by atoms with van der Waals surface area (Å²) in [5.41, 5.74) is 5.60. The van der Waals surface area contributed by atoms with Crippen LogP contribution in [0.2, 0.25) is 5.02 Å². The zero-order chi connectivity index (χ0) is 14.1. The first-order chi connectivity index (χ1) is 8.86. The van der Waals surface area contributed by atoms with Crippen molar-refractivity contribution in [3.63, 3.8) is 0 Å². The van der Waals surface area contributed by atoms with Crippen molar-refractivity contribution >= 4 is 21.6 Å². The summed E-state index contributed by atoms with van der Waals surface area (Å²) in [6.45, 7) is 2.12. The molecular weight excluding hydrogens is 284 g/mol. The molecular formula is C13H15ClN2O2S. The molecule has 6 heteroatoms. The first-order valence-electron chi connectivity index (χ1n) is 5.89. The second-order valence-electron chi connectivity index (χ2n) is 4.82. The smallest absolute Gasteiger partial charge is 0.242 e. The van der Waals surface area contributed by atoms with Crippen LogP contribution in [0.25, 0.3) is 0 Å². The maximum atomic E-state index is 12.2. The van der Waals surface area contributed by atoms with Gasteiger partial charge in [0.15, 0.2) is 0 Å². The van der Waals surface area contributed by atoms with Crippen molar-refractivity contribution in [1.29, 1.82) is 0 Å². The number of rotatable bonds is 3. The standard InChI is InChI=1S/C13H15ClN2O2S/c1-13(6-7-13)16-19(17,18)12-5-4-10(3-2-8-15)9-11(12)14/h4-5,9,16H,6-8,15H2,1H3. The maximum absolute atomic E-state index is 12.2. The number of hydrogen-bond acceptors (Lipinski definition) is 3. The fraction of sp³-hybridized carbons (Fsp3) is 0.385. The Kier molecular flexibility index (Phi) is 3.88. The van der Waals surface area contributed by atoms with E-state index in [4.69, 9.17) is 17.3 Å². The van der Waals surface area contributed by atoms with E-state index >= 15 is 0 Å². The van der Waals surface area contributed by atoms with E-state index in [1.54, 1.807) is 6.07 Å². The van der Waals surface area contributed by atoms with Crippen LogP contribution in [0.1, 0.15) is 25.3 Å². The molecule has 1 aliphatic rings. The maximum Gasteiger partial charge on any atom is 0.242 e. The lowest BCUT2D eigenvalue weighted by atomic mass is 10.2. The first-order valence-corrected chi connectivity index (χ1v) is 7.75. The van der Waals surface area contributed by atoms with Crippen molar-refractivity contribution in [2.75, 3.05) is 6.54 Å². The van der Waals surface area contributed by atoms with Crippen molar-refractivity contribution in [1.82, 2.24) is 4.72 Å². The Balaban J connectivity index is 2.30. The molecule has 0 atom stereocenters. The molecule has 0 amide bonds. The number of hydrogen-bond donors (Lipinski definition) is 2. The normalized spacial score (nSPS) is 16.6. The third-order valence-corrected chi connectivity index (χ3v) is 5.06. The van der Waals surface area contributed by atoms with Gasteiger partial charge < -0.3 is 5.73 Å². The van der Waals surface area contributed by atoms with Crippen LogP contribution >= 0.6 is 11.6 Å². The lowest BCUT2D eigenvalue weighted by Crippen LogP contribution is -2.34. The Bertz CT molecular complexity index is 655. The molecule has 19 heavy (non-hydrogen) atoms. The zero-order valence-corrected chi connectivity index (χ0v) is 12.1. The number of nitrogens with one attached hydrogen (secondary N) is 1. The molecule has 1 aromatic carbocycles. The fourth-order valence-corrected chi connectivity index (χ4v) is 3.63. The molecule has 0 aromatic heterocycles. The molecule has 0 spiro atoms. The lowest BCUT2D eigenvalue weighted by molar-refractivity contribution is 0.558. The molecule has 1 aromatic rings. The molecule has 0 unspecified atom stereocenters. The quantitative estimate of drug-likeness (QED) is 0.830. The van der Waals surface area contributed by atoms with Gasteiger partial charge in [-0.1, -0.05) is 23.4 Å². The van der Waals surface area contributed by atoms with Crippen LogP contribution in [0.5, 0.6) is 0 Å². The van der Waals surface area contributed by atoms with Crippen LogP contribution in [-0.2, 0) is 10.0 Å². The highest BCUT2D eigenvalue weighted by Crippen LogP contribution is 2.36. The fourth-order valence-electron chi connectivity index (χ4n) is 1.62. The summed E-state index contributed by atoms with van der Waals surface area (Å²) in [6, 6.07) is 4.63. The van der Waals surface area contributed by atoms with Gasteiger partial charge in [0, 0.05) is 11.1 Å². The molecule has 0 bridgehead atoms. The first kappa shape index (κ1) is 14.4. The monoisotopic (exact) mass is 298 g/mol. The lowest BCUT2D eigenvalue weighted by Gasteiger charge is -2.13. The molecule has 1 fully saturated rings. The van der Waals surface area contributed by atoms with Gasteiger partial charge in [-0.2, -0.15) is 0 Å². The van der Waals surface area contributed by atoms with E-state index in [1.165, 1.54) is 12.1 Å².